The minimum absolute atomic E-state index is 0. The lowest BCUT2D eigenvalue weighted by Gasteiger charge is -2.43. The quantitative estimate of drug-likeness (QED) is 0.722. The molecule has 0 saturated heterocycles. The van der Waals surface area contributed by atoms with Crippen LogP contribution >= 0.6 is 48.0 Å². The summed E-state index contributed by atoms with van der Waals surface area (Å²) in [5.41, 5.74) is 5.86. The van der Waals surface area contributed by atoms with Gasteiger partial charge in [0.1, 0.15) is 0 Å². The lowest BCUT2D eigenvalue weighted by Crippen LogP contribution is -2.60. The average molecular weight is 400 g/mol. The van der Waals surface area contributed by atoms with E-state index in [1.165, 1.54) is 0 Å². The first kappa shape index (κ1) is 19.0. The van der Waals surface area contributed by atoms with E-state index < -0.39 is 0 Å². The van der Waals surface area contributed by atoms with Crippen molar-refractivity contribution in [3.8, 4) is 0 Å². The summed E-state index contributed by atoms with van der Waals surface area (Å²) in [5.74, 6) is 0. The van der Waals surface area contributed by atoms with Crippen molar-refractivity contribution in [2.75, 3.05) is 14.1 Å². The normalized spacial score (nSPS) is 12.0. The Hall–Kier alpha value is 1.38. The van der Waals surface area contributed by atoms with Gasteiger partial charge in [0.2, 0.25) is 0 Å². The van der Waals surface area contributed by atoms with Crippen molar-refractivity contribution in [2.24, 2.45) is 5.73 Å². The van der Waals surface area contributed by atoms with E-state index >= 15 is 0 Å². The smallest absolute Gasteiger partial charge is 0.0321 e. The number of nitrogens with zero attached hydrogens (tertiary/aromatic N) is 1. The Morgan fingerprint density at radius 2 is 1.17 bits per heavy atom. The van der Waals surface area contributed by atoms with Gasteiger partial charge in [0, 0.05) is 11.1 Å². The van der Waals surface area contributed by atoms with Crippen molar-refractivity contribution >= 4 is 48.0 Å². The molecule has 12 heavy (non-hydrogen) atoms. The van der Waals surface area contributed by atoms with Crippen LogP contribution in [0.1, 0.15) is 27.7 Å². The van der Waals surface area contributed by atoms with Gasteiger partial charge in [-0.15, -0.1) is 48.0 Å². The van der Waals surface area contributed by atoms with Crippen LogP contribution in [-0.4, -0.2) is 30.1 Å². The lowest BCUT2D eigenvalue weighted by atomic mass is 9.82. The third-order valence-corrected chi connectivity index (χ3v) is 2.69. The predicted octanol–water partition coefficient (Wildman–Crippen LogP) is 2.30. The number of likely N-dealkylation sites (N-methyl/N-ethyl adjacent to an activating group) is 1. The fourth-order valence-corrected chi connectivity index (χ4v) is 0.576. The van der Waals surface area contributed by atoms with Gasteiger partial charge in [0.25, 0.3) is 0 Å². The monoisotopic (exact) mass is 400 g/mol. The second kappa shape index (κ2) is 5.98. The molecule has 0 unspecified atom stereocenters. The molecule has 0 spiro atoms. The molecule has 0 aliphatic rings. The number of nitrogens with two attached hydrogens (primary N) is 1. The molecule has 0 amide bonds. The molecular weight excluding hydrogens is 378 g/mol. The fraction of sp³-hybridized carbons (Fsp3) is 1.00. The van der Waals surface area contributed by atoms with Gasteiger partial charge in [-0.2, -0.15) is 0 Å². The summed E-state index contributed by atoms with van der Waals surface area (Å²) in [7, 11) is 4.10. The molecule has 0 fully saturated rings. The number of hydrogen-bond acceptors (Lipinski definition) is 2. The van der Waals surface area contributed by atoms with Crippen LogP contribution in [0.5, 0.6) is 0 Å². The molecule has 4 heteroatoms. The van der Waals surface area contributed by atoms with Crippen molar-refractivity contribution in [3.63, 3.8) is 0 Å². The van der Waals surface area contributed by atoms with Gasteiger partial charge in [0.05, 0.1) is 0 Å². The SMILES string of the molecule is CN(C)C(C)(C)C(C)(C)N.I.I. The second-order valence-electron chi connectivity index (χ2n) is 4.18. The second-order valence-corrected chi connectivity index (χ2v) is 4.18. The molecular formula is C8H22I2N2. The molecule has 0 heterocycles. The van der Waals surface area contributed by atoms with E-state index in [1.54, 1.807) is 0 Å². The van der Waals surface area contributed by atoms with Crippen LogP contribution in [0.25, 0.3) is 0 Å². The first-order chi connectivity index (χ1) is 4.19. The molecule has 0 aliphatic heterocycles. The van der Waals surface area contributed by atoms with Crippen LogP contribution in [0.15, 0.2) is 0 Å². The highest BCUT2D eigenvalue weighted by atomic mass is 127. The molecule has 0 atom stereocenters. The van der Waals surface area contributed by atoms with Gasteiger partial charge < -0.3 is 10.6 Å². The molecule has 2 nitrogen and oxygen atoms in total. The largest absolute Gasteiger partial charge is 0.324 e. The number of hydrogen-bond donors (Lipinski definition) is 1. The minimum Gasteiger partial charge on any atom is -0.324 e. The van der Waals surface area contributed by atoms with E-state index in [9.17, 15) is 0 Å². The Morgan fingerprint density at radius 1 is 0.917 bits per heavy atom. The van der Waals surface area contributed by atoms with Crippen molar-refractivity contribution in [1.82, 2.24) is 4.90 Å². The van der Waals surface area contributed by atoms with E-state index in [0.717, 1.165) is 0 Å². The third-order valence-electron chi connectivity index (χ3n) is 2.69. The zero-order valence-electron chi connectivity index (χ0n) is 8.84. The summed E-state index contributed by atoms with van der Waals surface area (Å²) in [6.45, 7) is 8.39. The van der Waals surface area contributed by atoms with E-state index in [1.807, 2.05) is 13.8 Å². The van der Waals surface area contributed by atoms with Crippen LogP contribution in [-0.2, 0) is 0 Å². The summed E-state index contributed by atoms with van der Waals surface area (Å²) in [6.07, 6.45) is 0. The highest BCUT2D eigenvalue weighted by molar-refractivity contribution is 14.0. The van der Waals surface area contributed by atoms with Gasteiger partial charge >= 0.3 is 0 Å². The van der Waals surface area contributed by atoms with Gasteiger partial charge in [-0.1, -0.05) is 0 Å². The Morgan fingerprint density at radius 3 is 1.17 bits per heavy atom. The maximum atomic E-state index is 5.97. The zero-order chi connectivity index (χ0) is 8.58. The van der Waals surface area contributed by atoms with Gasteiger partial charge in [0.15, 0.2) is 0 Å². The molecule has 0 aromatic heterocycles. The summed E-state index contributed by atoms with van der Waals surface area (Å²) in [5, 5.41) is 0. The van der Waals surface area contributed by atoms with Crippen LogP contribution in [0, 0.1) is 0 Å². The summed E-state index contributed by atoms with van der Waals surface area (Å²) >= 11 is 0. The summed E-state index contributed by atoms with van der Waals surface area (Å²) < 4.78 is 0. The van der Waals surface area contributed by atoms with E-state index in [0.29, 0.717) is 0 Å². The van der Waals surface area contributed by atoms with Gasteiger partial charge in [-0.05, 0) is 41.8 Å². The molecule has 0 aliphatic carbocycles. The Bertz CT molecular complexity index is 117. The third kappa shape index (κ3) is 4.57. The fourth-order valence-electron chi connectivity index (χ4n) is 0.576. The average Bonchev–Trinajstić information content (AvgIpc) is 1.62. The van der Waals surface area contributed by atoms with E-state index in [2.05, 4.69) is 32.8 Å². The Kier molecular flexibility index (Phi) is 9.48. The van der Waals surface area contributed by atoms with E-state index in [-0.39, 0.29) is 59.0 Å². The highest BCUT2D eigenvalue weighted by Gasteiger charge is 2.34. The summed E-state index contributed by atoms with van der Waals surface area (Å²) in [4.78, 5) is 2.15. The lowest BCUT2D eigenvalue weighted by molar-refractivity contribution is 0.111. The van der Waals surface area contributed by atoms with Crippen LogP contribution in [0.4, 0.5) is 0 Å². The van der Waals surface area contributed by atoms with Gasteiger partial charge in [-0.3, -0.25) is 0 Å². The van der Waals surface area contributed by atoms with Crippen molar-refractivity contribution in [1.29, 1.82) is 0 Å². The maximum Gasteiger partial charge on any atom is 0.0321 e. The van der Waals surface area contributed by atoms with Crippen molar-refractivity contribution in [2.45, 2.75) is 38.8 Å². The Balaban J connectivity index is -0.000000405. The molecule has 0 bridgehead atoms. The topological polar surface area (TPSA) is 29.3 Å². The molecule has 2 N–H and O–H groups in total. The number of halogens is 2. The maximum absolute atomic E-state index is 5.97. The highest BCUT2D eigenvalue weighted by Crippen LogP contribution is 2.22. The standard InChI is InChI=1S/C8H20N2.2HI/c1-7(2,9)8(3,4)10(5)6;;/h9H2,1-6H3;2*1H. The molecule has 0 aromatic carbocycles. The molecule has 0 radical (unpaired) electrons. The van der Waals surface area contributed by atoms with Crippen LogP contribution in [0.2, 0.25) is 0 Å². The first-order valence-corrected chi connectivity index (χ1v) is 3.66. The molecule has 0 aromatic rings. The van der Waals surface area contributed by atoms with Crippen molar-refractivity contribution < 1.29 is 0 Å². The molecule has 0 saturated carbocycles. The van der Waals surface area contributed by atoms with Crippen LogP contribution < -0.4 is 5.73 Å². The van der Waals surface area contributed by atoms with Crippen molar-refractivity contribution in [3.05, 3.63) is 0 Å². The minimum atomic E-state index is -0.156. The van der Waals surface area contributed by atoms with E-state index in [4.69, 9.17) is 5.73 Å². The van der Waals surface area contributed by atoms with Crippen LogP contribution in [0.3, 0.4) is 0 Å². The summed E-state index contributed by atoms with van der Waals surface area (Å²) in [6, 6.07) is 0. The predicted molar refractivity (Wildman–Crippen MR) is 76.9 cm³/mol. The van der Waals surface area contributed by atoms with Gasteiger partial charge in [-0.25, -0.2) is 0 Å². The Labute approximate surface area is 111 Å². The molecule has 78 valence electrons. The zero-order valence-corrected chi connectivity index (χ0v) is 13.5. The number of rotatable bonds is 2. The first-order valence-electron chi connectivity index (χ1n) is 3.66. The molecule has 0 rings (SSSR count).